The Balaban J connectivity index is 0.00000312. The molecular formula is C19H30ClN3O2. The molecule has 1 saturated carbocycles. The molecule has 0 unspecified atom stereocenters. The number of nitrogens with one attached hydrogen (secondary N) is 3. The molecule has 6 heteroatoms. The third-order valence-electron chi connectivity index (χ3n) is 4.42. The molecule has 25 heavy (non-hydrogen) atoms. The van der Waals surface area contributed by atoms with Crippen LogP contribution in [-0.2, 0) is 11.3 Å². The van der Waals surface area contributed by atoms with Crippen molar-refractivity contribution in [3.63, 3.8) is 0 Å². The maximum Gasteiger partial charge on any atom is 0.251 e. The summed E-state index contributed by atoms with van der Waals surface area (Å²) in [6.07, 6.45) is 5.44. The Labute approximate surface area is 156 Å². The zero-order chi connectivity index (χ0) is 17.2. The van der Waals surface area contributed by atoms with Crippen LogP contribution in [0.4, 0.5) is 0 Å². The predicted octanol–water partition coefficient (Wildman–Crippen LogP) is 2.64. The van der Waals surface area contributed by atoms with Gasteiger partial charge in [0.25, 0.3) is 5.91 Å². The first-order chi connectivity index (χ1) is 11.7. The Morgan fingerprint density at radius 1 is 1.00 bits per heavy atom. The highest BCUT2D eigenvalue weighted by atomic mass is 35.5. The van der Waals surface area contributed by atoms with Gasteiger partial charge in [-0.2, -0.15) is 0 Å². The first-order valence-corrected chi connectivity index (χ1v) is 9.06. The van der Waals surface area contributed by atoms with Crippen LogP contribution in [-0.4, -0.2) is 31.4 Å². The monoisotopic (exact) mass is 367 g/mol. The summed E-state index contributed by atoms with van der Waals surface area (Å²) in [4.78, 5) is 24.0. The number of halogens is 1. The van der Waals surface area contributed by atoms with E-state index in [1.807, 2.05) is 24.3 Å². The van der Waals surface area contributed by atoms with Gasteiger partial charge in [0, 0.05) is 31.1 Å². The van der Waals surface area contributed by atoms with Gasteiger partial charge in [-0.15, -0.1) is 12.4 Å². The Kier molecular flexibility index (Phi) is 10.2. The van der Waals surface area contributed by atoms with Crippen molar-refractivity contribution < 1.29 is 9.59 Å². The second kappa shape index (κ2) is 11.9. The molecule has 1 fully saturated rings. The fourth-order valence-corrected chi connectivity index (χ4v) is 2.96. The molecule has 2 amide bonds. The van der Waals surface area contributed by atoms with Gasteiger partial charge in [-0.1, -0.05) is 31.9 Å². The molecule has 2 rings (SSSR count). The summed E-state index contributed by atoms with van der Waals surface area (Å²) in [6, 6.07) is 7.43. The lowest BCUT2D eigenvalue weighted by atomic mass is 10.1. The van der Waals surface area contributed by atoms with Crippen LogP contribution in [0, 0.1) is 5.92 Å². The highest BCUT2D eigenvalue weighted by molar-refractivity contribution is 5.94. The number of benzene rings is 1. The number of carbonyl (C=O) groups is 2. The number of amides is 2. The van der Waals surface area contributed by atoms with E-state index >= 15 is 0 Å². The third-order valence-corrected chi connectivity index (χ3v) is 4.42. The molecule has 0 saturated heterocycles. The molecule has 140 valence electrons. The van der Waals surface area contributed by atoms with Crippen molar-refractivity contribution in [2.24, 2.45) is 5.92 Å². The van der Waals surface area contributed by atoms with Crippen LogP contribution in [0.25, 0.3) is 0 Å². The maximum atomic E-state index is 12.0. The number of hydrogen-bond acceptors (Lipinski definition) is 3. The van der Waals surface area contributed by atoms with Crippen molar-refractivity contribution in [3.8, 4) is 0 Å². The Bertz CT molecular complexity index is 528. The first kappa shape index (κ1) is 21.5. The van der Waals surface area contributed by atoms with Crippen molar-refractivity contribution in [2.75, 3.05) is 19.6 Å². The van der Waals surface area contributed by atoms with E-state index in [0.717, 1.165) is 50.8 Å². The summed E-state index contributed by atoms with van der Waals surface area (Å²) < 4.78 is 0. The van der Waals surface area contributed by atoms with E-state index in [-0.39, 0.29) is 30.1 Å². The van der Waals surface area contributed by atoms with Crippen LogP contribution in [0.1, 0.15) is 54.9 Å². The normalized spacial score (nSPS) is 14.0. The molecule has 5 nitrogen and oxygen atoms in total. The number of rotatable bonds is 9. The van der Waals surface area contributed by atoms with Gasteiger partial charge in [-0.05, 0) is 43.5 Å². The molecule has 0 aromatic heterocycles. The zero-order valence-corrected chi connectivity index (χ0v) is 15.8. The maximum absolute atomic E-state index is 12.0. The summed E-state index contributed by atoms with van der Waals surface area (Å²) in [5.74, 6) is 0.292. The van der Waals surface area contributed by atoms with E-state index in [1.54, 1.807) is 0 Å². The van der Waals surface area contributed by atoms with Crippen molar-refractivity contribution in [1.82, 2.24) is 16.0 Å². The van der Waals surface area contributed by atoms with E-state index < -0.39 is 0 Å². The van der Waals surface area contributed by atoms with Gasteiger partial charge < -0.3 is 16.0 Å². The lowest BCUT2D eigenvalue weighted by molar-refractivity contribution is -0.124. The summed E-state index contributed by atoms with van der Waals surface area (Å²) in [5.41, 5.74) is 1.67. The molecule has 0 atom stereocenters. The molecule has 1 aliphatic rings. The summed E-state index contributed by atoms with van der Waals surface area (Å²) in [5, 5.41) is 9.14. The number of hydrogen-bond donors (Lipinski definition) is 3. The molecule has 0 heterocycles. The predicted molar refractivity (Wildman–Crippen MR) is 103 cm³/mol. The van der Waals surface area contributed by atoms with Gasteiger partial charge in [0.2, 0.25) is 5.91 Å². The molecular weight excluding hydrogens is 338 g/mol. The third kappa shape index (κ3) is 7.45. The fourth-order valence-electron chi connectivity index (χ4n) is 2.96. The van der Waals surface area contributed by atoms with E-state index in [4.69, 9.17) is 0 Å². The van der Waals surface area contributed by atoms with Gasteiger partial charge in [-0.3, -0.25) is 9.59 Å². The lowest BCUT2D eigenvalue weighted by Crippen LogP contribution is -2.32. The number of carbonyl (C=O) groups excluding carboxylic acids is 2. The topological polar surface area (TPSA) is 70.2 Å². The Hall–Kier alpha value is -1.59. The first-order valence-electron chi connectivity index (χ1n) is 9.06. The summed E-state index contributed by atoms with van der Waals surface area (Å²) in [7, 11) is 0. The Morgan fingerprint density at radius 3 is 2.32 bits per heavy atom. The van der Waals surface area contributed by atoms with Gasteiger partial charge >= 0.3 is 0 Å². The van der Waals surface area contributed by atoms with Crippen LogP contribution >= 0.6 is 12.4 Å². The van der Waals surface area contributed by atoms with Crippen molar-refractivity contribution >= 4 is 24.2 Å². The van der Waals surface area contributed by atoms with E-state index in [9.17, 15) is 9.59 Å². The van der Waals surface area contributed by atoms with Crippen molar-refractivity contribution in [3.05, 3.63) is 35.4 Å². The summed E-state index contributed by atoms with van der Waals surface area (Å²) in [6.45, 7) is 5.02. The Morgan fingerprint density at radius 2 is 1.68 bits per heavy atom. The van der Waals surface area contributed by atoms with Crippen molar-refractivity contribution in [1.29, 1.82) is 0 Å². The molecule has 1 aromatic carbocycles. The summed E-state index contributed by atoms with van der Waals surface area (Å²) >= 11 is 0. The minimum Gasteiger partial charge on any atom is -0.352 e. The molecule has 1 aromatic rings. The molecule has 0 spiro atoms. The molecule has 1 aliphatic carbocycles. The fraction of sp³-hybridized carbons (Fsp3) is 0.579. The highest BCUT2D eigenvalue weighted by Gasteiger charge is 2.22. The second-order valence-electron chi connectivity index (χ2n) is 6.40. The van der Waals surface area contributed by atoms with E-state index in [0.29, 0.717) is 18.7 Å². The van der Waals surface area contributed by atoms with Crippen LogP contribution < -0.4 is 16.0 Å². The molecule has 3 N–H and O–H groups in total. The molecule has 0 aliphatic heterocycles. The van der Waals surface area contributed by atoms with Gasteiger partial charge in [-0.25, -0.2) is 0 Å². The van der Waals surface area contributed by atoms with Crippen molar-refractivity contribution in [2.45, 2.75) is 45.6 Å². The molecule has 0 bridgehead atoms. The molecule has 0 radical (unpaired) electrons. The standard InChI is InChI=1S/C19H29N3O2.ClH/c1-2-11-20-12-13-21-18(23)17-9-7-15(8-10-17)14-22-19(24)16-5-3-4-6-16;/h7-10,16,20H,2-6,11-14H2,1H3,(H,21,23)(H,22,24);1H. The average Bonchev–Trinajstić information content (AvgIpc) is 3.14. The zero-order valence-electron chi connectivity index (χ0n) is 15.0. The van der Waals surface area contributed by atoms with Gasteiger partial charge in [0.1, 0.15) is 0 Å². The minimum absolute atomic E-state index is 0. The van der Waals surface area contributed by atoms with Crippen LogP contribution in [0.3, 0.4) is 0 Å². The smallest absolute Gasteiger partial charge is 0.251 e. The van der Waals surface area contributed by atoms with Gasteiger partial charge in [0.05, 0.1) is 0 Å². The minimum atomic E-state index is -0.0603. The van der Waals surface area contributed by atoms with Gasteiger partial charge in [0.15, 0.2) is 0 Å². The van der Waals surface area contributed by atoms with Crippen LogP contribution in [0.2, 0.25) is 0 Å². The SMILES string of the molecule is CCCNCCNC(=O)c1ccc(CNC(=O)C2CCCC2)cc1.Cl. The highest BCUT2D eigenvalue weighted by Crippen LogP contribution is 2.24. The van der Waals surface area contributed by atoms with E-state index in [1.165, 1.54) is 0 Å². The largest absolute Gasteiger partial charge is 0.352 e. The van der Waals surface area contributed by atoms with Crippen LogP contribution in [0.5, 0.6) is 0 Å². The quantitative estimate of drug-likeness (QED) is 0.587. The lowest BCUT2D eigenvalue weighted by Gasteiger charge is -2.11. The second-order valence-corrected chi connectivity index (χ2v) is 6.40. The van der Waals surface area contributed by atoms with E-state index in [2.05, 4.69) is 22.9 Å². The van der Waals surface area contributed by atoms with Crippen LogP contribution in [0.15, 0.2) is 24.3 Å². The average molecular weight is 368 g/mol.